The number of nitrogens with zero attached hydrogens (tertiary/aromatic N) is 3. The molecule has 0 unspecified atom stereocenters. The molecular weight excluding hydrogens is 410 g/mol. The van der Waals surface area contributed by atoms with E-state index < -0.39 is 15.9 Å². The molecule has 3 aromatic rings. The van der Waals surface area contributed by atoms with Gasteiger partial charge in [0.05, 0.1) is 32.6 Å². The number of aromatic nitrogens is 2. The number of hydrogen-bond donors (Lipinski definition) is 0. The Balaban J connectivity index is 1.96. The lowest BCUT2D eigenvalue weighted by Crippen LogP contribution is -2.37. The molecule has 1 aromatic carbocycles. The monoisotopic (exact) mass is 431 g/mol. The summed E-state index contributed by atoms with van der Waals surface area (Å²) >= 11 is 0. The number of carbonyl (C=O) groups is 1. The first kappa shape index (κ1) is 21.3. The molecule has 0 aliphatic heterocycles. The molecule has 2 aromatic heterocycles. The first-order valence-corrected chi connectivity index (χ1v) is 10.7. The molecule has 0 saturated carbocycles. The molecular formula is C20H21N3O6S. The molecule has 158 valence electrons. The van der Waals surface area contributed by atoms with Crippen molar-refractivity contribution >= 4 is 21.6 Å². The Morgan fingerprint density at radius 1 is 1.07 bits per heavy atom. The van der Waals surface area contributed by atoms with Gasteiger partial charge >= 0.3 is 0 Å². The third kappa shape index (κ3) is 4.43. The average Bonchev–Trinajstić information content (AvgIpc) is 3.08. The third-order valence-electron chi connectivity index (χ3n) is 4.23. The summed E-state index contributed by atoms with van der Waals surface area (Å²) < 4.78 is 41.4. The number of rotatable bonds is 7. The summed E-state index contributed by atoms with van der Waals surface area (Å²) in [5.74, 6) is 0.214. The number of ether oxygens (including phenoxy) is 2. The second-order valence-electron chi connectivity index (χ2n) is 6.37. The predicted octanol–water partition coefficient (Wildman–Crippen LogP) is 2.60. The molecule has 1 amide bonds. The highest BCUT2D eigenvalue weighted by molar-refractivity contribution is 7.92. The molecule has 0 fully saturated rings. The van der Waals surface area contributed by atoms with E-state index in [1.807, 2.05) is 30.3 Å². The van der Waals surface area contributed by atoms with Crippen LogP contribution < -0.4 is 13.8 Å². The van der Waals surface area contributed by atoms with Crippen LogP contribution in [0.1, 0.15) is 11.5 Å². The Kier molecular flexibility index (Phi) is 6.06. The maximum atomic E-state index is 13.0. The lowest BCUT2D eigenvalue weighted by molar-refractivity contribution is -0.116. The Labute approximate surface area is 174 Å². The number of aryl methyl sites for hydroxylation is 1. The minimum absolute atomic E-state index is 0.0183. The minimum Gasteiger partial charge on any atom is -0.481 e. The number of pyridine rings is 1. The Morgan fingerprint density at radius 3 is 2.37 bits per heavy atom. The van der Waals surface area contributed by atoms with Crippen LogP contribution in [0, 0.1) is 6.92 Å². The summed E-state index contributed by atoms with van der Waals surface area (Å²) in [5, 5.41) is 0. The average molecular weight is 431 g/mol. The van der Waals surface area contributed by atoms with E-state index in [9.17, 15) is 13.2 Å². The zero-order valence-electron chi connectivity index (χ0n) is 16.9. The van der Waals surface area contributed by atoms with Gasteiger partial charge in [0, 0.05) is 11.6 Å². The molecule has 0 aliphatic rings. The normalized spacial score (nSPS) is 11.2. The van der Waals surface area contributed by atoms with Crippen molar-refractivity contribution in [2.75, 3.05) is 24.8 Å². The largest absolute Gasteiger partial charge is 0.481 e. The molecule has 10 heteroatoms. The van der Waals surface area contributed by atoms with E-state index >= 15 is 0 Å². The topological polar surface area (TPSA) is 112 Å². The van der Waals surface area contributed by atoms with Crippen LogP contribution in [-0.2, 0) is 21.2 Å². The molecule has 0 bridgehead atoms. The number of hydrogen-bond acceptors (Lipinski definition) is 8. The fourth-order valence-corrected chi connectivity index (χ4v) is 3.77. The molecule has 0 N–H and O–H groups in total. The van der Waals surface area contributed by atoms with Gasteiger partial charge in [-0.2, -0.15) is 4.98 Å². The Morgan fingerprint density at radius 2 is 1.77 bits per heavy atom. The number of carbonyl (C=O) groups excluding carboxylic acids is 1. The van der Waals surface area contributed by atoms with Crippen LogP contribution in [0.5, 0.6) is 11.8 Å². The fraction of sp³-hybridized carbons (Fsp3) is 0.250. The Bertz CT molecular complexity index is 1160. The molecule has 0 aliphatic carbocycles. The van der Waals surface area contributed by atoms with Crippen LogP contribution in [0.2, 0.25) is 0 Å². The standard InChI is InChI=1S/C20H21N3O6S/c1-13-15(21-19(29-13)14-8-6-5-7-9-14)12-18(24)23(30(4,25)26)16-10-11-17(27-2)22-20(16)28-3/h5-11H,12H2,1-4H3. The van der Waals surface area contributed by atoms with Gasteiger partial charge in [-0.3, -0.25) is 4.79 Å². The number of amides is 1. The minimum atomic E-state index is -3.98. The highest BCUT2D eigenvalue weighted by Gasteiger charge is 2.30. The quantitative estimate of drug-likeness (QED) is 0.561. The van der Waals surface area contributed by atoms with E-state index in [1.54, 1.807) is 6.92 Å². The van der Waals surface area contributed by atoms with Crippen molar-refractivity contribution in [1.82, 2.24) is 9.97 Å². The van der Waals surface area contributed by atoms with E-state index in [0.717, 1.165) is 11.8 Å². The molecule has 3 rings (SSSR count). The van der Waals surface area contributed by atoms with E-state index in [0.29, 0.717) is 21.7 Å². The van der Waals surface area contributed by atoms with Crippen molar-refractivity contribution in [3.8, 4) is 23.2 Å². The SMILES string of the molecule is COc1ccc(N(C(=O)Cc2nc(-c3ccccc3)oc2C)S(C)(=O)=O)c(OC)n1. The van der Waals surface area contributed by atoms with E-state index in [4.69, 9.17) is 13.9 Å². The van der Waals surface area contributed by atoms with Crippen molar-refractivity contribution in [2.45, 2.75) is 13.3 Å². The molecule has 0 spiro atoms. The van der Waals surface area contributed by atoms with Gasteiger partial charge in [-0.05, 0) is 25.1 Å². The summed E-state index contributed by atoms with van der Waals surface area (Å²) in [5.41, 5.74) is 1.07. The number of benzene rings is 1. The first-order valence-electron chi connectivity index (χ1n) is 8.88. The predicted molar refractivity (Wildman–Crippen MR) is 110 cm³/mol. The maximum absolute atomic E-state index is 13.0. The number of oxazole rings is 1. The van der Waals surface area contributed by atoms with Gasteiger partial charge in [0.25, 0.3) is 0 Å². The van der Waals surface area contributed by atoms with Crippen LogP contribution in [0.4, 0.5) is 5.69 Å². The van der Waals surface area contributed by atoms with Crippen LogP contribution in [0.15, 0.2) is 46.9 Å². The van der Waals surface area contributed by atoms with Crippen LogP contribution in [-0.4, -0.2) is 44.8 Å². The van der Waals surface area contributed by atoms with Gasteiger partial charge < -0.3 is 13.9 Å². The van der Waals surface area contributed by atoms with Gasteiger partial charge in [-0.25, -0.2) is 17.7 Å². The van der Waals surface area contributed by atoms with Crippen LogP contribution in [0.25, 0.3) is 11.5 Å². The zero-order chi connectivity index (χ0) is 21.9. The van der Waals surface area contributed by atoms with Crippen molar-refractivity contribution in [3.05, 3.63) is 53.9 Å². The van der Waals surface area contributed by atoms with Crippen molar-refractivity contribution in [2.24, 2.45) is 0 Å². The van der Waals surface area contributed by atoms with Gasteiger partial charge in [-0.15, -0.1) is 0 Å². The summed E-state index contributed by atoms with van der Waals surface area (Å²) in [6, 6.07) is 12.0. The van der Waals surface area contributed by atoms with Crippen molar-refractivity contribution < 1.29 is 27.1 Å². The fourth-order valence-electron chi connectivity index (χ4n) is 2.84. The van der Waals surface area contributed by atoms with E-state index in [1.165, 1.54) is 26.4 Å². The molecule has 2 heterocycles. The van der Waals surface area contributed by atoms with E-state index in [2.05, 4.69) is 9.97 Å². The lowest BCUT2D eigenvalue weighted by Gasteiger charge is -2.21. The summed E-state index contributed by atoms with van der Waals surface area (Å²) in [4.78, 5) is 21.5. The van der Waals surface area contributed by atoms with Crippen molar-refractivity contribution in [1.29, 1.82) is 0 Å². The van der Waals surface area contributed by atoms with Gasteiger partial charge in [0.2, 0.25) is 33.6 Å². The number of sulfonamides is 1. The highest BCUT2D eigenvalue weighted by atomic mass is 32.2. The van der Waals surface area contributed by atoms with Gasteiger partial charge in [-0.1, -0.05) is 18.2 Å². The molecule has 0 atom stereocenters. The van der Waals surface area contributed by atoms with Gasteiger partial charge in [0.15, 0.2) is 0 Å². The third-order valence-corrected chi connectivity index (χ3v) is 5.29. The lowest BCUT2D eigenvalue weighted by atomic mass is 10.2. The summed E-state index contributed by atoms with van der Waals surface area (Å²) in [6.45, 7) is 1.67. The zero-order valence-corrected chi connectivity index (χ0v) is 17.8. The molecule has 0 saturated heterocycles. The molecule has 30 heavy (non-hydrogen) atoms. The smallest absolute Gasteiger partial charge is 0.247 e. The number of methoxy groups -OCH3 is 2. The Hall–Kier alpha value is -3.40. The van der Waals surface area contributed by atoms with Crippen LogP contribution >= 0.6 is 0 Å². The summed E-state index contributed by atoms with van der Waals surface area (Å²) in [6.07, 6.45) is 0.643. The summed E-state index contributed by atoms with van der Waals surface area (Å²) in [7, 11) is -1.24. The van der Waals surface area contributed by atoms with Crippen molar-refractivity contribution in [3.63, 3.8) is 0 Å². The molecule has 9 nitrogen and oxygen atoms in total. The molecule has 0 radical (unpaired) electrons. The van der Waals surface area contributed by atoms with E-state index in [-0.39, 0.29) is 23.9 Å². The maximum Gasteiger partial charge on any atom is 0.247 e. The van der Waals surface area contributed by atoms with Gasteiger partial charge in [0.1, 0.15) is 11.4 Å². The highest BCUT2D eigenvalue weighted by Crippen LogP contribution is 2.31. The van der Waals surface area contributed by atoms with Crippen LogP contribution in [0.3, 0.4) is 0 Å². The second kappa shape index (κ2) is 8.54. The first-order chi connectivity index (χ1) is 14.2. The number of anilines is 1. The second-order valence-corrected chi connectivity index (χ2v) is 8.20.